The Labute approximate surface area is 151 Å². The fourth-order valence-electron chi connectivity index (χ4n) is 5.26. The maximum Gasteiger partial charge on any atom is 0.266 e. The number of fused-ring (bicyclic) bond motifs is 1. The highest BCUT2D eigenvalue weighted by atomic mass is 32.1. The molecule has 130 valence electrons. The molecule has 4 fully saturated rings. The lowest BCUT2D eigenvalue weighted by atomic mass is 9.68. The number of carbonyl (C=O) groups is 1. The number of aryl methyl sites for hydroxylation is 1. The third kappa shape index (κ3) is 2.67. The summed E-state index contributed by atoms with van der Waals surface area (Å²) in [6.45, 7) is 2.86. The van der Waals surface area contributed by atoms with Crippen molar-refractivity contribution in [3.05, 3.63) is 29.0 Å². The van der Waals surface area contributed by atoms with Gasteiger partial charge in [-0.25, -0.2) is 15.0 Å². The van der Waals surface area contributed by atoms with Crippen molar-refractivity contribution in [2.24, 2.45) is 17.8 Å². The molecule has 2 saturated heterocycles. The van der Waals surface area contributed by atoms with Crippen LogP contribution in [0.4, 0.5) is 0 Å². The minimum Gasteiger partial charge on any atom is -0.335 e. The first-order valence-electron chi connectivity index (χ1n) is 9.23. The van der Waals surface area contributed by atoms with Gasteiger partial charge in [0.2, 0.25) is 0 Å². The third-order valence-electron chi connectivity index (χ3n) is 6.12. The largest absolute Gasteiger partial charge is 0.335 e. The van der Waals surface area contributed by atoms with Crippen LogP contribution in [-0.2, 0) is 0 Å². The van der Waals surface area contributed by atoms with Crippen LogP contribution in [0.2, 0.25) is 0 Å². The lowest BCUT2D eigenvalue weighted by molar-refractivity contribution is 0.0636. The van der Waals surface area contributed by atoms with Gasteiger partial charge < -0.3 is 4.90 Å². The van der Waals surface area contributed by atoms with Crippen LogP contribution < -0.4 is 0 Å². The van der Waals surface area contributed by atoms with E-state index in [1.165, 1.54) is 43.4 Å². The van der Waals surface area contributed by atoms with E-state index in [1.54, 1.807) is 18.5 Å². The molecule has 4 atom stereocenters. The number of aromatic nitrogens is 3. The van der Waals surface area contributed by atoms with Gasteiger partial charge >= 0.3 is 0 Å². The first-order chi connectivity index (χ1) is 12.2. The van der Waals surface area contributed by atoms with E-state index in [0.717, 1.165) is 34.0 Å². The summed E-state index contributed by atoms with van der Waals surface area (Å²) >= 11 is 1.44. The van der Waals surface area contributed by atoms with Crippen LogP contribution in [0.5, 0.6) is 0 Å². The Morgan fingerprint density at radius 2 is 1.76 bits per heavy atom. The molecule has 2 saturated carbocycles. The Hall–Kier alpha value is -1.82. The molecule has 0 spiro atoms. The lowest BCUT2D eigenvalue weighted by Crippen LogP contribution is -2.42. The highest BCUT2D eigenvalue weighted by Gasteiger charge is 2.44. The smallest absolute Gasteiger partial charge is 0.266 e. The monoisotopic (exact) mass is 354 g/mol. The Morgan fingerprint density at radius 3 is 2.48 bits per heavy atom. The van der Waals surface area contributed by atoms with Gasteiger partial charge in [0, 0.05) is 25.0 Å². The van der Waals surface area contributed by atoms with Crippen molar-refractivity contribution >= 4 is 17.2 Å². The summed E-state index contributed by atoms with van der Waals surface area (Å²) in [6, 6.07) is 2.22. The molecule has 2 aliphatic carbocycles. The fraction of sp³-hybridized carbons (Fsp3) is 0.579. The highest BCUT2D eigenvalue weighted by Crippen LogP contribution is 2.48. The number of nitrogens with zero attached hydrogens (tertiary/aromatic N) is 4. The molecule has 4 bridgehead atoms. The molecular weight excluding hydrogens is 332 g/mol. The molecule has 2 aromatic heterocycles. The Kier molecular flexibility index (Phi) is 3.62. The fourth-order valence-corrected chi connectivity index (χ4v) is 6.23. The predicted molar refractivity (Wildman–Crippen MR) is 96.3 cm³/mol. The second kappa shape index (κ2) is 5.87. The number of hydrogen-bond acceptors (Lipinski definition) is 5. The lowest BCUT2D eigenvalue weighted by Gasteiger charge is -2.38. The van der Waals surface area contributed by atoms with Crippen LogP contribution in [0.15, 0.2) is 18.5 Å². The summed E-state index contributed by atoms with van der Waals surface area (Å²) < 4.78 is 0. The molecule has 0 radical (unpaired) electrons. The van der Waals surface area contributed by atoms with Crippen LogP contribution in [0.3, 0.4) is 0 Å². The van der Waals surface area contributed by atoms with Gasteiger partial charge in [0.05, 0.1) is 5.69 Å². The van der Waals surface area contributed by atoms with Crippen LogP contribution in [0.25, 0.3) is 10.8 Å². The Bertz CT molecular complexity index is 791. The molecule has 6 heteroatoms. The van der Waals surface area contributed by atoms with Crippen molar-refractivity contribution in [1.82, 2.24) is 19.9 Å². The van der Waals surface area contributed by atoms with Gasteiger partial charge in [0.1, 0.15) is 4.88 Å². The number of rotatable bonds is 2. The van der Waals surface area contributed by atoms with E-state index >= 15 is 0 Å². The van der Waals surface area contributed by atoms with Crippen LogP contribution >= 0.6 is 11.3 Å². The third-order valence-corrected chi connectivity index (χ3v) is 7.26. The van der Waals surface area contributed by atoms with E-state index in [4.69, 9.17) is 0 Å². The molecule has 4 aliphatic rings. The summed E-state index contributed by atoms with van der Waals surface area (Å²) in [4.78, 5) is 29.4. The maximum atomic E-state index is 13.3. The number of amides is 1. The van der Waals surface area contributed by atoms with Gasteiger partial charge in [-0.1, -0.05) is 0 Å². The van der Waals surface area contributed by atoms with Crippen LogP contribution in [0.1, 0.15) is 47.5 Å². The minimum absolute atomic E-state index is 0.176. The summed E-state index contributed by atoms with van der Waals surface area (Å²) in [7, 11) is 0. The van der Waals surface area contributed by atoms with Gasteiger partial charge in [0.25, 0.3) is 5.91 Å². The predicted octanol–water partition coefficient (Wildman–Crippen LogP) is 3.56. The molecule has 1 amide bonds. The topological polar surface area (TPSA) is 59.0 Å². The van der Waals surface area contributed by atoms with Crippen molar-refractivity contribution in [1.29, 1.82) is 0 Å². The van der Waals surface area contributed by atoms with E-state index in [-0.39, 0.29) is 5.91 Å². The summed E-state index contributed by atoms with van der Waals surface area (Å²) in [5.74, 6) is 3.17. The molecule has 6 rings (SSSR count). The van der Waals surface area contributed by atoms with E-state index in [0.29, 0.717) is 17.8 Å². The molecule has 2 aliphatic heterocycles. The quantitative estimate of drug-likeness (QED) is 0.827. The van der Waals surface area contributed by atoms with Crippen molar-refractivity contribution in [2.45, 2.75) is 45.1 Å². The second-order valence-electron chi connectivity index (χ2n) is 7.89. The summed E-state index contributed by atoms with van der Waals surface area (Å²) in [5.41, 5.74) is 0.807. The van der Waals surface area contributed by atoms with Crippen LogP contribution in [0, 0.1) is 24.7 Å². The van der Waals surface area contributed by atoms with E-state index < -0.39 is 0 Å². The number of carbonyl (C=O) groups excluding carboxylic acids is 1. The normalized spacial score (nSPS) is 30.5. The van der Waals surface area contributed by atoms with Crippen molar-refractivity contribution in [2.75, 3.05) is 6.54 Å². The maximum absolute atomic E-state index is 13.3. The zero-order valence-corrected chi connectivity index (χ0v) is 15.2. The van der Waals surface area contributed by atoms with E-state index in [9.17, 15) is 4.79 Å². The van der Waals surface area contributed by atoms with Gasteiger partial charge in [-0.15, -0.1) is 11.3 Å². The number of hydrogen-bond donors (Lipinski definition) is 0. The molecule has 25 heavy (non-hydrogen) atoms. The molecule has 0 aromatic carbocycles. The highest BCUT2D eigenvalue weighted by molar-refractivity contribution is 7.17. The number of thiazole rings is 1. The Morgan fingerprint density at radius 1 is 1.08 bits per heavy atom. The van der Waals surface area contributed by atoms with Crippen molar-refractivity contribution in [3.8, 4) is 10.8 Å². The van der Waals surface area contributed by atoms with Crippen molar-refractivity contribution < 1.29 is 4.79 Å². The zero-order chi connectivity index (χ0) is 17.0. The minimum atomic E-state index is 0.176. The summed E-state index contributed by atoms with van der Waals surface area (Å²) in [6.07, 6.45) is 9.86. The van der Waals surface area contributed by atoms with E-state index in [2.05, 4.69) is 19.9 Å². The van der Waals surface area contributed by atoms with Crippen LogP contribution in [-0.4, -0.2) is 38.3 Å². The Balaban J connectivity index is 1.46. The molecule has 2 aromatic rings. The SMILES string of the molecule is Cc1nc(-c2ncccn2)sc1C(=O)N1CC2C[C@@H]3CC1C[C@H](C2)C3. The van der Waals surface area contributed by atoms with Gasteiger partial charge in [-0.05, 0) is 62.8 Å². The molecule has 5 nitrogen and oxygen atoms in total. The van der Waals surface area contributed by atoms with Gasteiger partial charge in [-0.2, -0.15) is 0 Å². The second-order valence-corrected chi connectivity index (χ2v) is 8.89. The summed E-state index contributed by atoms with van der Waals surface area (Å²) in [5, 5.41) is 0.738. The van der Waals surface area contributed by atoms with Gasteiger partial charge in [0.15, 0.2) is 10.8 Å². The molecular formula is C19H22N4OS. The molecule has 4 heterocycles. The first kappa shape index (κ1) is 15.4. The standard InChI is InChI=1S/C19H22N4OS/c1-11-16(25-18(22-11)17-20-3-2-4-21-17)19(24)23-10-14-6-12-5-13(7-14)9-15(23)8-12/h2-4,12-15H,5-10H2,1H3/t12-,13+,14?,15?. The van der Waals surface area contributed by atoms with Gasteiger partial charge in [-0.3, -0.25) is 4.79 Å². The molecule has 0 N–H and O–H groups in total. The zero-order valence-electron chi connectivity index (χ0n) is 14.4. The molecule has 2 unspecified atom stereocenters. The average molecular weight is 354 g/mol. The van der Waals surface area contributed by atoms with Crippen molar-refractivity contribution in [3.63, 3.8) is 0 Å². The average Bonchev–Trinajstić information content (AvgIpc) is 2.89. The van der Waals surface area contributed by atoms with E-state index in [1.807, 2.05) is 6.92 Å². The first-order valence-corrected chi connectivity index (χ1v) is 10.0.